The third kappa shape index (κ3) is 4.45. The molecule has 8 nitrogen and oxygen atoms in total. The quantitative estimate of drug-likeness (QED) is 0.660. The van der Waals surface area contributed by atoms with Crippen molar-refractivity contribution in [3.05, 3.63) is 45.6 Å². The summed E-state index contributed by atoms with van der Waals surface area (Å²) in [6.45, 7) is -0.697. The third-order valence-electron chi connectivity index (χ3n) is 3.97. The highest BCUT2D eigenvalue weighted by molar-refractivity contribution is 7.87. The number of halogens is 2. The van der Waals surface area contributed by atoms with E-state index in [2.05, 4.69) is 15.0 Å². The average Bonchev–Trinajstić information content (AvgIpc) is 3.14. The lowest BCUT2D eigenvalue weighted by molar-refractivity contribution is -0.120. The van der Waals surface area contributed by atoms with Crippen LogP contribution < -0.4 is 10.0 Å². The van der Waals surface area contributed by atoms with Crippen LogP contribution in [0.25, 0.3) is 0 Å². The summed E-state index contributed by atoms with van der Waals surface area (Å²) in [6, 6.07) is 1.90. The number of anilines is 1. The van der Waals surface area contributed by atoms with E-state index < -0.39 is 40.6 Å². The fourth-order valence-corrected chi connectivity index (χ4v) is 5.27. The molecule has 0 unspecified atom stereocenters. The zero-order valence-corrected chi connectivity index (χ0v) is 16.2. The molecule has 1 aliphatic rings. The van der Waals surface area contributed by atoms with Crippen LogP contribution in [0.15, 0.2) is 29.8 Å². The Labute approximate surface area is 164 Å². The van der Waals surface area contributed by atoms with E-state index in [-0.39, 0.29) is 23.7 Å². The van der Waals surface area contributed by atoms with Crippen molar-refractivity contribution in [2.24, 2.45) is 0 Å². The minimum Gasteiger partial charge on any atom is -0.395 e. The Morgan fingerprint density at radius 2 is 2.30 bits per heavy atom. The highest BCUT2D eigenvalue weighted by atomic mass is 35.5. The van der Waals surface area contributed by atoms with Gasteiger partial charge in [0.1, 0.15) is 16.9 Å². The number of benzene rings is 1. The van der Waals surface area contributed by atoms with E-state index in [0.29, 0.717) is 5.01 Å². The lowest BCUT2D eigenvalue weighted by atomic mass is 10.1. The molecule has 1 fully saturated rings. The zero-order valence-electron chi connectivity index (χ0n) is 13.8. The number of hydrogen-bond acceptors (Lipinski definition) is 6. The molecule has 0 bridgehead atoms. The Morgan fingerprint density at radius 1 is 1.52 bits per heavy atom. The smallest absolute Gasteiger partial charge is 0.280 e. The molecular formula is C15H16ClFN4O4S2. The molecule has 0 radical (unpaired) electrons. The summed E-state index contributed by atoms with van der Waals surface area (Å²) in [6.07, 6.45) is 1.66. The summed E-state index contributed by atoms with van der Waals surface area (Å²) in [4.78, 5) is 16.9. The molecule has 2 atom stereocenters. The second kappa shape index (κ2) is 8.17. The first-order valence-corrected chi connectivity index (χ1v) is 10.6. The van der Waals surface area contributed by atoms with E-state index in [1.807, 2.05) is 0 Å². The number of nitrogens with one attached hydrogen (secondary N) is 2. The Balaban J connectivity index is 1.87. The molecule has 0 spiro atoms. The van der Waals surface area contributed by atoms with Gasteiger partial charge >= 0.3 is 0 Å². The molecule has 0 aliphatic carbocycles. The number of carbonyl (C=O) groups is 1. The molecule has 1 aromatic heterocycles. The maximum absolute atomic E-state index is 13.3. The zero-order chi connectivity index (χ0) is 19.6. The van der Waals surface area contributed by atoms with Gasteiger partial charge in [0.05, 0.1) is 17.7 Å². The van der Waals surface area contributed by atoms with Gasteiger partial charge in [-0.25, -0.2) is 9.37 Å². The van der Waals surface area contributed by atoms with Crippen LogP contribution in [-0.2, 0) is 15.0 Å². The summed E-state index contributed by atoms with van der Waals surface area (Å²) in [5, 5.41) is 13.8. The number of hydrogen-bond donors (Lipinski definition) is 3. The van der Waals surface area contributed by atoms with E-state index >= 15 is 0 Å². The van der Waals surface area contributed by atoms with Crippen molar-refractivity contribution in [3.63, 3.8) is 0 Å². The standard InChI is InChI=1S/C15H16ClFN4O4S2/c16-10-7-9(1-2-11(10)17)19-14(23)13-8-12(15-18-3-6-26-15)20-27(24,25)21(13)4-5-22/h1-3,6-7,12-13,20,22H,4-5,8H2,(H,19,23)/t12-,13+/m0/s1. The minimum absolute atomic E-state index is 0.119. The van der Waals surface area contributed by atoms with E-state index in [4.69, 9.17) is 11.6 Å². The predicted octanol–water partition coefficient (Wildman–Crippen LogP) is 1.52. The van der Waals surface area contributed by atoms with Gasteiger partial charge in [0, 0.05) is 23.8 Å². The number of nitrogens with zero attached hydrogens (tertiary/aromatic N) is 2. The summed E-state index contributed by atoms with van der Waals surface area (Å²) in [5.74, 6) is -1.25. The average molecular weight is 435 g/mol. The van der Waals surface area contributed by atoms with E-state index in [1.165, 1.54) is 23.5 Å². The third-order valence-corrected chi connectivity index (χ3v) is 6.78. The van der Waals surface area contributed by atoms with Crippen LogP contribution in [0.5, 0.6) is 0 Å². The SMILES string of the molecule is O=C(Nc1ccc(F)c(Cl)c1)[C@H]1C[C@@H](c2nccs2)NS(=O)(=O)N1CCO. The lowest BCUT2D eigenvalue weighted by Crippen LogP contribution is -2.58. The monoisotopic (exact) mass is 434 g/mol. The maximum atomic E-state index is 13.3. The molecule has 1 saturated heterocycles. The number of aliphatic hydroxyl groups is 1. The molecule has 3 N–H and O–H groups in total. The van der Waals surface area contributed by atoms with Crippen molar-refractivity contribution in [1.29, 1.82) is 0 Å². The maximum Gasteiger partial charge on any atom is 0.280 e. The van der Waals surface area contributed by atoms with Crippen LogP contribution in [0.1, 0.15) is 17.5 Å². The first-order chi connectivity index (χ1) is 12.8. The highest BCUT2D eigenvalue weighted by Gasteiger charge is 2.43. The summed E-state index contributed by atoms with van der Waals surface area (Å²) < 4.78 is 41.8. The van der Waals surface area contributed by atoms with Crippen LogP contribution in [0, 0.1) is 5.82 Å². The molecule has 2 aromatic rings. The normalized spacial score (nSPS) is 22.5. The Morgan fingerprint density at radius 3 is 2.93 bits per heavy atom. The summed E-state index contributed by atoms with van der Waals surface area (Å²) in [7, 11) is -4.02. The van der Waals surface area contributed by atoms with Crippen molar-refractivity contribution < 1.29 is 22.7 Å². The molecular weight excluding hydrogens is 419 g/mol. The van der Waals surface area contributed by atoms with E-state index in [9.17, 15) is 22.7 Å². The second-order valence-corrected chi connectivity index (χ2v) is 8.74. The fourth-order valence-electron chi connectivity index (χ4n) is 2.77. The molecule has 1 amide bonds. The van der Waals surface area contributed by atoms with Gasteiger partial charge in [-0.05, 0) is 24.6 Å². The van der Waals surface area contributed by atoms with Crippen molar-refractivity contribution >= 4 is 44.7 Å². The Hall–Kier alpha value is -1.63. The minimum atomic E-state index is -4.02. The van der Waals surface area contributed by atoms with Crippen molar-refractivity contribution in [3.8, 4) is 0 Å². The van der Waals surface area contributed by atoms with Gasteiger partial charge in [0.25, 0.3) is 10.2 Å². The van der Waals surface area contributed by atoms with Gasteiger partial charge in [-0.2, -0.15) is 17.4 Å². The van der Waals surface area contributed by atoms with Crippen molar-refractivity contribution in [2.75, 3.05) is 18.5 Å². The van der Waals surface area contributed by atoms with Crippen LogP contribution in [0.3, 0.4) is 0 Å². The number of amides is 1. The lowest BCUT2D eigenvalue weighted by Gasteiger charge is -2.37. The molecule has 0 saturated carbocycles. The van der Waals surface area contributed by atoms with E-state index in [0.717, 1.165) is 10.4 Å². The Kier molecular flexibility index (Phi) is 6.08. The first-order valence-electron chi connectivity index (χ1n) is 7.87. The van der Waals surface area contributed by atoms with Crippen LogP contribution in [0.2, 0.25) is 5.02 Å². The number of rotatable bonds is 5. The number of aliphatic hydroxyl groups excluding tert-OH is 1. The fraction of sp³-hybridized carbons (Fsp3) is 0.333. The van der Waals surface area contributed by atoms with Crippen molar-refractivity contribution in [1.82, 2.24) is 14.0 Å². The van der Waals surface area contributed by atoms with Gasteiger partial charge in [0.2, 0.25) is 5.91 Å². The van der Waals surface area contributed by atoms with Crippen LogP contribution in [-0.4, -0.2) is 47.9 Å². The molecule has 3 rings (SSSR count). The summed E-state index contributed by atoms with van der Waals surface area (Å²) in [5.41, 5.74) is 0.233. The first kappa shape index (κ1) is 20.1. The van der Waals surface area contributed by atoms with Gasteiger partial charge in [-0.15, -0.1) is 11.3 Å². The molecule has 1 aliphatic heterocycles. The largest absolute Gasteiger partial charge is 0.395 e. The molecule has 1 aromatic carbocycles. The highest BCUT2D eigenvalue weighted by Crippen LogP contribution is 2.30. The van der Waals surface area contributed by atoms with Crippen molar-refractivity contribution in [2.45, 2.75) is 18.5 Å². The molecule has 27 heavy (non-hydrogen) atoms. The van der Waals surface area contributed by atoms with Gasteiger partial charge in [0.15, 0.2) is 0 Å². The summed E-state index contributed by atoms with van der Waals surface area (Å²) >= 11 is 6.98. The number of aromatic nitrogens is 1. The number of carbonyl (C=O) groups excluding carboxylic acids is 1. The van der Waals surface area contributed by atoms with Gasteiger partial charge in [-0.3, -0.25) is 4.79 Å². The molecule has 12 heteroatoms. The molecule has 2 heterocycles. The van der Waals surface area contributed by atoms with Crippen LogP contribution in [0.4, 0.5) is 10.1 Å². The topological polar surface area (TPSA) is 112 Å². The van der Waals surface area contributed by atoms with Crippen LogP contribution >= 0.6 is 22.9 Å². The molecule has 146 valence electrons. The van der Waals surface area contributed by atoms with Gasteiger partial charge < -0.3 is 10.4 Å². The number of β-amino-alcohol motifs (C(OH)–C–C–N with tert-alkyl or cyclic N) is 1. The predicted molar refractivity (Wildman–Crippen MR) is 99.1 cm³/mol. The van der Waals surface area contributed by atoms with Gasteiger partial charge in [-0.1, -0.05) is 11.6 Å². The van der Waals surface area contributed by atoms with E-state index in [1.54, 1.807) is 11.6 Å². The Bertz CT molecular complexity index is 926. The second-order valence-electron chi connectivity index (χ2n) is 5.75. The number of thiazole rings is 1.